The zero-order valence-electron chi connectivity index (χ0n) is 12.4. The zero-order chi connectivity index (χ0) is 14.8. The highest BCUT2D eigenvalue weighted by molar-refractivity contribution is 6.18. The molecule has 0 bridgehead atoms. The van der Waals surface area contributed by atoms with Crippen LogP contribution in [-0.4, -0.2) is 13.2 Å². The summed E-state index contributed by atoms with van der Waals surface area (Å²) >= 11 is 11.9. The van der Waals surface area contributed by atoms with Crippen molar-refractivity contribution in [3.63, 3.8) is 0 Å². The van der Waals surface area contributed by atoms with Crippen LogP contribution in [0.4, 0.5) is 0 Å². The number of ether oxygens (including phenoxy) is 2. The van der Waals surface area contributed by atoms with Crippen LogP contribution in [0.25, 0.3) is 0 Å². The second-order valence-corrected chi connectivity index (χ2v) is 5.27. The van der Waals surface area contributed by atoms with Crippen LogP contribution >= 0.6 is 23.2 Å². The van der Waals surface area contributed by atoms with Gasteiger partial charge in [-0.05, 0) is 36.1 Å². The van der Waals surface area contributed by atoms with Crippen molar-refractivity contribution < 1.29 is 9.47 Å². The van der Waals surface area contributed by atoms with Gasteiger partial charge in [-0.2, -0.15) is 0 Å². The van der Waals surface area contributed by atoms with Gasteiger partial charge in [-0.15, -0.1) is 23.2 Å². The molecule has 2 nitrogen and oxygen atoms in total. The zero-order valence-corrected chi connectivity index (χ0v) is 13.9. The molecule has 0 N–H and O–H groups in total. The van der Waals surface area contributed by atoms with E-state index < -0.39 is 0 Å². The summed E-state index contributed by atoms with van der Waals surface area (Å²) in [5.41, 5.74) is 2.02. The van der Waals surface area contributed by atoms with E-state index in [1.807, 2.05) is 12.1 Å². The van der Waals surface area contributed by atoms with Crippen molar-refractivity contribution in [1.29, 1.82) is 0 Å². The van der Waals surface area contributed by atoms with Gasteiger partial charge in [0.15, 0.2) is 11.5 Å². The number of halogens is 2. The standard InChI is InChI=1S/C16H24Cl2O2/c1-3-5-7-19-15-9-13(11-17)14(12-18)10-16(15)20-8-6-4-2/h9-10H,3-8,11-12H2,1-2H3. The average molecular weight is 319 g/mol. The van der Waals surface area contributed by atoms with Gasteiger partial charge in [0.05, 0.1) is 13.2 Å². The molecule has 0 fully saturated rings. The van der Waals surface area contributed by atoms with E-state index in [1.165, 1.54) is 0 Å². The maximum Gasteiger partial charge on any atom is 0.161 e. The molecule has 114 valence electrons. The summed E-state index contributed by atoms with van der Waals surface area (Å²) in [5, 5.41) is 0. The highest BCUT2D eigenvalue weighted by Gasteiger charge is 2.11. The number of benzene rings is 1. The highest BCUT2D eigenvalue weighted by atomic mass is 35.5. The molecule has 0 amide bonds. The number of hydrogen-bond acceptors (Lipinski definition) is 2. The average Bonchev–Trinajstić information content (AvgIpc) is 2.48. The summed E-state index contributed by atoms with van der Waals surface area (Å²) in [7, 11) is 0. The summed E-state index contributed by atoms with van der Waals surface area (Å²) < 4.78 is 11.6. The maximum absolute atomic E-state index is 5.97. The molecule has 1 aromatic rings. The minimum absolute atomic E-state index is 0.432. The SMILES string of the molecule is CCCCOc1cc(CCl)c(CCl)cc1OCCCC. The molecule has 0 unspecified atom stereocenters. The molecule has 0 saturated carbocycles. The molecule has 0 saturated heterocycles. The van der Waals surface area contributed by atoms with Gasteiger partial charge in [0.25, 0.3) is 0 Å². The van der Waals surface area contributed by atoms with E-state index in [0.29, 0.717) is 25.0 Å². The number of unbranched alkanes of at least 4 members (excludes halogenated alkanes) is 2. The molecular weight excluding hydrogens is 295 g/mol. The minimum Gasteiger partial charge on any atom is -0.490 e. The largest absolute Gasteiger partial charge is 0.490 e. The topological polar surface area (TPSA) is 18.5 Å². The highest BCUT2D eigenvalue weighted by Crippen LogP contribution is 2.33. The van der Waals surface area contributed by atoms with Gasteiger partial charge in [0.2, 0.25) is 0 Å². The first-order valence-corrected chi connectivity index (χ1v) is 8.37. The van der Waals surface area contributed by atoms with Gasteiger partial charge in [-0.1, -0.05) is 26.7 Å². The van der Waals surface area contributed by atoms with E-state index in [1.54, 1.807) is 0 Å². The third-order valence-electron chi connectivity index (χ3n) is 3.06. The van der Waals surface area contributed by atoms with E-state index in [2.05, 4.69) is 13.8 Å². The Hall–Kier alpha value is -0.600. The van der Waals surface area contributed by atoms with Crippen LogP contribution in [0.2, 0.25) is 0 Å². The summed E-state index contributed by atoms with van der Waals surface area (Å²) in [6.45, 7) is 5.68. The number of hydrogen-bond donors (Lipinski definition) is 0. The van der Waals surface area contributed by atoms with Crippen LogP contribution in [0, 0.1) is 0 Å². The van der Waals surface area contributed by atoms with E-state index >= 15 is 0 Å². The fourth-order valence-electron chi connectivity index (χ4n) is 1.77. The predicted molar refractivity (Wildman–Crippen MR) is 86.4 cm³/mol. The van der Waals surface area contributed by atoms with Crippen LogP contribution in [0.5, 0.6) is 11.5 Å². The second kappa shape index (κ2) is 10.2. The Labute approximate surface area is 132 Å². The van der Waals surface area contributed by atoms with Crippen molar-refractivity contribution in [2.75, 3.05) is 13.2 Å². The van der Waals surface area contributed by atoms with Crippen LogP contribution in [0.15, 0.2) is 12.1 Å². The van der Waals surface area contributed by atoms with Gasteiger partial charge in [0, 0.05) is 11.8 Å². The monoisotopic (exact) mass is 318 g/mol. The Morgan fingerprint density at radius 3 is 1.50 bits per heavy atom. The Bertz CT molecular complexity index is 357. The van der Waals surface area contributed by atoms with Crippen molar-refractivity contribution in [3.05, 3.63) is 23.3 Å². The van der Waals surface area contributed by atoms with Crippen LogP contribution in [-0.2, 0) is 11.8 Å². The molecule has 0 radical (unpaired) electrons. The van der Waals surface area contributed by atoms with E-state index in [4.69, 9.17) is 32.7 Å². The van der Waals surface area contributed by atoms with Crippen molar-refractivity contribution in [1.82, 2.24) is 0 Å². The first-order chi connectivity index (χ1) is 9.76. The smallest absolute Gasteiger partial charge is 0.161 e. The lowest BCUT2D eigenvalue weighted by Gasteiger charge is -2.16. The Morgan fingerprint density at radius 1 is 0.800 bits per heavy atom. The first kappa shape index (κ1) is 17.5. The first-order valence-electron chi connectivity index (χ1n) is 7.30. The summed E-state index contributed by atoms with van der Waals surface area (Å²) in [6, 6.07) is 3.92. The molecule has 0 aromatic heterocycles. The van der Waals surface area contributed by atoms with Crippen molar-refractivity contribution in [3.8, 4) is 11.5 Å². The van der Waals surface area contributed by atoms with Crippen LogP contribution in [0.1, 0.15) is 50.7 Å². The van der Waals surface area contributed by atoms with Gasteiger partial charge >= 0.3 is 0 Å². The van der Waals surface area contributed by atoms with Crippen molar-refractivity contribution in [2.45, 2.75) is 51.3 Å². The molecule has 1 aromatic carbocycles. The molecule has 0 aliphatic rings. The molecule has 20 heavy (non-hydrogen) atoms. The number of alkyl halides is 2. The summed E-state index contributed by atoms with van der Waals surface area (Å²) in [4.78, 5) is 0. The Balaban J connectivity index is 2.89. The molecule has 0 spiro atoms. The third kappa shape index (κ3) is 5.41. The lowest BCUT2D eigenvalue weighted by molar-refractivity contribution is 0.261. The predicted octanol–water partition coefficient (Wildman–Crippen LogP) is 5.52. The van der Waals surface area contributed by atoms with Gasteiger partial charge < -0.3 is 9.47 Å². The van der Waals surface area contributed by atoms with Crippen molar-refractivity contribution >= 4 is 23.2 Å². The van der Waals surface area contributed by atoms with Gasteiger partial charge in [-0.25, -0.2) is 0 Å². The molecular formula is C16H24Cl2O2. The Kier molecular flexibility index (Phi) is 8.88. The lowest BCUT2D eigenvalue weighted by Crippen LogP contribution is -2.04. The second-order valence-electron chi connectivity index (χ2n) is 4.74. The fourth-order valence-corrected chi connectivity index (χ4v) is 2.27. The molecule has 0 heterocycles. The molecule has 0 atom stereocenters. The fraction of sp³-hybridized carbons (Fsp3) is 0.625. The minimum atomic E-state index is 0.432. The number of rotatable bonds is 10. The van der Waals surface area contributed by atoms with Gasteiger partial charge in [0.1, 0.15) is 0 Å². The van der Waals surface area contributed by atoms with E-state index in [9.17, 15) is 0 Å². The normalized spacial score (nSPS) is 10.6. The van der Waals surface area contributed by atoms with E-state index in [0.717, 1.165) is 48.3 Å². The van der Waals surface area contributed by atoms with Crippen LogP contribution in [0.3, 0.4) is 0 Å². The third-order valence-corrected chi connectivity index (χ3v) is 3.64. The molecule has 0 aliphatic carbocycles. The molecule has 0 aliphatic heterocycles. The summed E-state index contributed by atoms with van der Waals surface area (Å²) in [5.74, 6) is 2.42. The lowest BCUT2D eigenvalue weighted by atomic mass is 10.1. The quantitative estimate of drug-likeness (QED) is 0.417. The molecule has 4 heteroatoms. The van der Waals surface area contributed by atoms with Crippen LogP contribution < -0.4 is 9.47 Å². The summed E-state index contributed by atoms with van der Waals surface area (Å²) in [6.07, 6.45) is 4.27. The van der Waals surface area contributed by atoms with E-state index in [-0.39, 0.29) is 0 Å². The molecule has 1 rings (SSSR count). The Morgan fingerprint density at radius 2 is 1.20 bits per heavy atom. The van der Waals surface area contributed by atoms with Gasteiger partial charge in [-0.3, -0.25) is 0 Å². The van der Waals surface area contributed by atoms with Crippen molar-refractivity contribution in [2.24, 2.45) is 0 Å². The maximum atomic E-state index is 5.97.